The van der Waals surface area contributed by atoms with Crippen LogP contribution in [0.4, 0.5) is 10.5 Å². The molecule has 2 amide bonds. The summed E-state index contributed by atoms with van der Waals surface area (Å²) in [5, 5.41) is 14.7. The predicted molar refractivity (Wildman–Crippen MR) is 66.9 cm³/mol. The molecule has 5 nitrogen and oxygen atoms in total. The summed E-state index contributed by atoms with van der Waals surface area (Å²) >= 11 is 0. The fourth-order valence-corrected chi connectivity index (χ4v) is 1.34. The summed E-state index contributed by atoms with van der Waals surface area (Å²) in [6, 6.07) is 1.48. The van der Waals surface area contributed by atoms with E-state index in [0.29, 0.717) is 19.4 Å². The maximum atomic E-state index is 11.5. The maximum Gasteiger partial charge on any atom is 0.319 e. The monoisotopic (exact) mass is 237 g/mol. The lowest BCUT2D eigenvalue weighted by molar-refractivity contribution is 0.160. The van der Waals surface area contributed by atoms with Crippen molar-refractivity contribution in [2.24, 2.45) is 0 Å². The number of anilines is 1. The van der Waals surface area contributed by atoms with Crippen LogP contribution in [-0.2, 0) is 0 Å². The number of carbonyl (C=O) groups is 1. The largest absolute Gasteiger partial charge is 0.393 e. The molecule has 0 spiro atoms. The average Bonchev–Trinajstić information content (AvgIpc) is 2.32. The number of pyridine rings is 1. The van der Waals surface area contributed by atoms with Crippen LogP contribution in [0.5, 0.6) is 0 Å². The van der Waals surface area contributed by atoms with Gasteiger partial charge in [-0.2, -0.15) is 0 Å². The van der Waals surface area contributed by atoms with Crippen molar-refractivity contribution in [2.45, 2.75) is 32.8 Å². The molecule has 0 aliphatic rings. The van der Waals surface area contributed by atoms with Gasteiger partial charge in [-0.1, -0.05) is 6.92 Å². The number of aliphatic hydroxyl groups is 1. The van der Waals surface area contributed by atoms with Crippen LogP contribution < -0.4 is 10.6 Å². The van der Waals surface area contributed by atoms with Gasteiger partial charge in [-0.05, 0) is 31.4 Å². The van der Waals surface area contributed by atoms with Crippen LogP contribution in [0.15, 0.2) is 18.5 Å². The van der Waals surface area contributed by atoms with E-state index < -0.39 is 0 Å². The molecule has 94 valence electrons. The molecule has 5 heteroatoms. The molecule has 0 fully saturated rings. The third-order valence-corrected chi connectivity index (χ3v) is 2.50. The molecule has 0 saturated carbocycles. The Bertz CT molecular complexity index is 369. The van der Waals surface area contributed by atoms with Gasteiger partial charge in [0.1, 0.15) is 0 Å². The van der Waals surface area contributed by atoms with E-state index in [4.69, 9.17) is 0 Å². The standard InChI is InChI=1S/C12H19N3O2/c1-3-10(16)4-7-14-12(17)15-11-5-6-13-8-9(11)2/h5-6,8,10,16H,3-4,7H2,1-2H3,(H2,13,14,15,17). The Morgan fingerprint density at radius 2 is 2.35 bits per heavy atom. The van der Waals surface area contributed by atoms with Gasteiger partial charge in [0.25, 0.3) is 0 Å². The first-order valence-corrected chi connectivity index (χ1v) is 5.77. The number of nitrogens with one attached hydrogen (secondary N) is 2. The van der Waals surface area contributed by atoms with Crippen LogP contribution in [0.1, 0.15) is 25.3 Å². The molecule has 0 bridgehead atoms. The zero-order valence-electron chi connectivity index (χ0n) is 10.2. The van der Waals surface area contributed by atoms with E-state index in [9.17, 15) is 9.90 Å². The molecule has 0 aliphatic heterocycles. The number of nitrogens with zero attached hydrogens (tertiary/aromatic N) is 1. The molecule has 1 aromatic rings. The molecular formula is C12H19N3O2. The van der Waals surface area contributed by atoms with E-state index in [0.717, 1.165) is 11.3 Å². The summed E-state index contributed by atoms with van der Waals surface area (Å²) in [4.78, 5) is 15.5. The first-order valence-electron chi connectivity index (χ1n) is 5.77. The van der Waals surface area contributed by atoms with Gasteiger partial charge in [0, 0.05) is 24.6 Å². The van der Waals surface area contributed by atoms with Gasteiger partial charge >= 0.3 is 6.03 Å². The summed E-state index contributed by atoms with van der Waals surface area (Å²) in [7, 11) is 0. The summed E-state index contributed by atoms with van der Waals surface area (Å²) in [6.45, 7) is 4.25. The van der Waals surface area contributed by atoms with Crippen LogP contribution in [0, 0.1) is 6.92 Å². The third kappa shape index (κ3) is 4.82. The fourth-order valence-electron chi connectivity index (χ4n) is 1.34. The number of aryl methyl sites for hydroxylation is 1. The van der Waals surface area contributed by atoms with E-state index in [1.54, 1.807) is 18.5 Å². The number of amides is 2. The van der Waals surface area contributed by atoms with Crippen LogP contribution >= 0.6 is 0 Å². The molecule has 1 atom stereocenters. The van der Waals surface area contributed by atoms with E-state index in [1.165, 1.54) is 0 Å². The number of carbonyl (C=O) groups excluding carboxylic acids is 1. The highest BCUT2D eigenvalue weighted by molar-refractivity contribution is 5.89. The van der Waals surface area contributed by atoms with Crippen LogP contribution in [-0.4, -0.2) is 28.8 Å². The van der Waals surface area contributed by atoms with Crippen molar-refractivity contribution in [1.29, 1.82) is 0 Å². The average molecular weight is 237 g/mol. The van der Waals surface area contributed by atoms with E-state index in [2.05, 4.69) is 15.6 Å². The third-order valence-electron chi connectivity index (χ3n) is 2.50. The van der Waals surface area contributed by atoms with E-state index in [1.807, 2.05) is 13.8 Å². The Labute approximate surface area is 101 Å². The summed E-state index contributed by atoms with van der Waals surface area (Å²) in [6.07, 6.45) is 4.24. The molecule has 0 aliphatic carbocycles. The smallest absolute Gasteiger partial charge is 0.319 e. The van der Waals surface area contributed by atoms with Crippen molar-refractivity contribution in [3.05, 3.63) is 24.0 Å². The number of hydrogen-bond acceptors (Lipinski definition) is 3. The van der Waals surface area contributed by atoms with Crippen molar-refractivity contribution in [1.82, 2.24) is 10.3 Å². The van der Waals surface area contributed by atoms with E-state index >= 15 is 0 Å². The van der Waals surface area contributed by atoms with Crippen molar-refractivity contribution in [2.75, 3.05) is 11.9 Å². The molecule has 0 radical (unpaired) electrons. The van der Waals surface area contributed by atoms with Gasteiger partial charge in [-0.3, -0.25) is 4.98 Å². The second-order valence-corrected chi connectivity index (χ2v) is 3.92. The van der Waals surface area contributed by atoms with Gasteiger partial charge in [0.15, 0.2) is 0 Å². The maximum absolute atomic E-state index is 11.5. The fraction of sp³-hybridized carbons (Fsp3) is 0.500. The van der Waals surface area contributed by atoms with Crippen molar-refractivity contribution < 1.29 is 9.90 Å². The van der Waals surface area contributed by atoms with Gasteiger partial charge in [0.05, 0.1) is 6.10 Å². The molecule has 1 heterocycles. The zero-order chi connectivity index (χ0) is 12.7. The lowest BCUT2D eigenvalue weighted by atomic mass is 10.2. The summed E-state index contributed by atoms with van der Waals surface area (Å²) in [5.41, 5.74) is 1.66. The topological polar surface area (TPSA) is 74.2 Å². The number of hydrogen-bond donors (Lipinski definition) is 3. The number of aromatic nitrogens is 1. The molecule has 0 saturated heterocycles. The van der Waals surface area contributed by atoms with Crippen molar-refractivity contribution >= 4 is 11.7 Å². The number of rotatable bonds is 5. The van der Waals surface area contributed by atoms with Gasteiger partial charge < -0.3 is 15.7 Å². The highest BCUT2D eigenvalue weighted by Crippen LogP contribution is 2.10. The normalized spacial score (nSPS) is 11.9. The number of aliphatic hydroxyl groups excluding tert-OH is 1. The van der Waals surface area contributed by atoms with Crippen LogP contribution in [0.3, 0.4) is 0 Å². The quantitative estimate of drug-likeness (QED) is 0.729. The van der Waals surface area contributed by atoms with Gasteiger partial charge in [-0.15, -0.1) is 0 Å². The molecule has 1 unspecified atom stereocenters. The number of urea groups is 1. The lowest BCUT2D eigenvalue weighted by Gasteiger charge is -2.11. The Morgan fingerprint density at radius 1 is 1.59 bits per heavy atom. The highest BCUT2D eigenvalue weighted by atomic mass is 16.3. The highest BCUT2D eigenvalue weighted by Gasteiger charge is 2.05. The molecule has 17 heavy (non-hydrogen) atoms. The second kappa shape index (κ2) is 6.85. The summed E-state index contributed by atoms with van der Waals surface area (Å²) in [5.74, 6) is 0. The predicted octanol–water partition coefficient (Wildman–Crippen LogP) is 1.67. The van der Waals surface area contributed by atoms with Gasteiger partial charge in [-0.25, -0.2) is 4.79 Å². The Hall–Kier alpha value is -1.62. The minimum absolute atomic E-state index is 0.261. The van der Waals surface area contributed by atoms with E-state index in [-0.39, 0.29) is 12.1 Å². The van der Waals surface area contributed by atoms with Crippen molar-refractivity contribution in [3.63, 3.8) is 0 Å². The molecule has 1 rings (SSSR count). The molecular weight excluding hydrogens is 218 g/mol. The Kier molecular flexibility index (Phi) is 5.42. The van der Waals surface area contributed by atoms with Gasteiger partial charge in [0.2, 0.25) is 0 Å². The minimum Gasteiger partial charge on any atom is -0.393 e. The zero-order valence-corrected chi connectivity index (χ0v) is 10.2. The van der Waals surface area contributed by atoms with Crippen LogP contribution in [0.25, 0.3) is 0 Å². The Balaban J connectivity index is 2.33. The summed E-state index contributed by atoms with van der Waals surface area (Å²) < 4.78 is 0. The molecule has 0 aromatic carbocycles. The lowest BCUT2D eigenvalue weighted by Crippen LogP contribution is -2.31. The van der Waals surface area contributed by atoms with Crippen LogP contribution in [0.2, 0.25) is 0 Å². The SMILES string of the molecule is CCC(O)CCNC(=O)Nc1ccncc1C. The first kappa shape index (κ1) is 13.4. The minimum atomic E-state index is -0.349. The van der Waals surface area contributed by atoms with Crippen molar-refractivity contribution in [3.8, 4) is 0 Å². The first-order chi connectivity index (χ1) is 8.13. The second-order valence-electron chi connectivity index (χ2n) is 3.92. The Morgan fingerprint density at radius 3 is 3.00 bits per heavy atom. The molecule has 3 N–H and O–H groups in total. The molecule has 1 aromatic heterocycles.